The van der Waals surface area contributed by atoms with E-state index in [2.05, 4.69) is 5.16 Å². The molecule has 0 heterocycles. The van der Waals surface area contributed by atoms with Crippen molar-refractivity contribution < 1.29 is 14.8 Å². The van der Waals surface area contributed by atoms with Gasteiger partial charge in [-0.05, 0) is 25.2 Å². The molecule has 0 spiro atoms. The number of hydrogen-bond donors (Lipinski definition) is 1. The first-order valence-electron chi connectivity index (χ1n) is 8.61. The van der Waals surface area contributed by atoms with Crippen LogP contribution in [0.1, 0.15) is 40.0 Å². The van der Waals surface area contributed by atoms with Crippen molar-refractivity contribution in [3.8, 4) is 0 Å². The van der Waals surface area contributed by atoms with Gasteiger partial charge in [-0.1, -0.05) is 65.8 Å². The van der Waals surface area contributed by atoms with Gasteiger partial charge in [0.25, 0.3) is 0 Å². The van der Waals surface area contributed by atoms with Gasteiger partial charge in [0.05, 0.1) is 5.71 Å². The van der Waals surface area contributed by atoms with Crippen LogP contribution in [0.15, 0.2) is 65.8 Å². The van der Waals surface area contributed by atoms with Crippen LogP contribution in [0, 0.1) is 17.3 Å². The fourth-order valence-electron chi connectivity index (χ4n) is 4.66. The number of benzene rings is 2. The lowest BCUT2D eigenvalue weighted by Crippen LogP contribution is -2.50. The summed E-state index contributed by atoms with van der Waals surface area (Å²) in [6.45, 7) is 0. The third-order valence-electron chi connectivity index (χ3n) is 5.73. The van der Waals surface area contributed by atoms with Crippen LogP contribution in [-0.2, 0) is 0 Å². The molecular formula is C21H19NO3. The molecule has 2 saturated carbocycles. The molecule has 1 N–H and O–H groups in total. The highest BCUT2D eigenvalue weighted by atomic mass is 16.4. The molecule has 2 atom stereocenters. The summed E-state index contributed by atoms with van der Waals surface area (Å²) in [5.41, 5.74) is -0.0483. The largest absolute Gasteiger partial charge is 0.411 e. The zero-order valence-electron chi connectivity index (χ0n) is 13.8. The molecule has 2 aliphatic carbocycles. The third kappa shape index (κ3) is 2.17. The molecule has 2 aromatic rings. The summed E-state index contributed by atoms with van der Waals surface area (Å²) in [4.78, 5) is 27.1. The molecule has 0 radical (unpaired) electrons. The Hall–Kier alpha value is -2.75. The van der Waals surface area contributed by atoms with Gasteiger partial charge in [0.15, 0.2) is 11.6 Å². The lowest BCUT2D eigenvalue weighted by Gasteiger charge is -2.35. The maximum absolute atomic E-state index is 13.5. The van der Waals surface area contributed by atoms with Crippen LogP contribution in [0.3, 0.4) is 0 Å². The summed E-state index contributed by atoms with van der Waals surface area (Å²) in [7, 11) is 0. The molecule has 0 saturated heterocycles. The van der Waals surface area contributed by atoms with Crippen molar-refractivity contribution in [2.24, 2.45) is 22.4 Å². The quantitative estimate of drug-likeness (QED) is 0.398. The molecular weight excluding hydrogens is 314 g/mol. The Balaban J connectivity index is 1.91. The van der Waals surface area contributed by atoms with Crippen molar-refractivity contribution in [1.29, 1.82) is 0 Å². The van der Waals surface area contributed by atoms with E-state index in [0.717, 1.165) is 19.3 Å². The summed E-state index contributed by atoms with van der Waals surface area (Å²) in [6, 6.07) is 17.7. The predicted molar refractivity (Wildman–Crippen MR) is 94.0 cm³/mol. The van der Waals surface area contributed by atoms with Crippen LogP contribution in [0.5, 0.6) is 0 Å². The van der Waals surface area contributed by atoms with E-state index in [1.165, 1.54) is 0 Å². The standard InChI is InChI=1S/C21H19NO3/c23-19(14-7-3-1-4-8-14)21(20(24)15-9-5-2-6-10-15)17-12-11-16(13-17)18(21)22-25/h1-10,16-17,25H,11-13H2/b22-18+/t16-,17+/m0/s1. The zero-order valence-corrected chi connectivity index (χ0v) is 13.8. The van der Waals surface area contributed by atoms with Crippen molar-refractivity contribution >= 4 is 17.3 Å². The van der Waals surface area contributed by atoms with Gasteiger partial charge in [-0.15, -0.1) is 0 Å². The Morgan fingerprint density at radius 3 is 1.88 bits per heavy atom. The molecule has 0 aliphatic heterocycles. The Morgan fingerprint density at radius 2 is 1.40 bits per heavy atom. The highest BCUT2D eigenvalue weighted by molar-refractivity contribution is 6.35. The maximum atomic E-state index is 13.5. The molecule has 126 valence electrons. The number of Topliss-reactive ketones (excluding diaryl/α,β-unsaturated/α-hetero) is 2. The van der Waals surface area contributed by atoms with Gasteiger partial charge in [-0.2, -0.15) is 0 Å². The number of hydrogen-bond acceptors (Lipinski definition) is 4. The van der Waals surface area contributed by atoms with Crippen molar-refractivity contribution in [1.82, 2.24) is 0 Å². The Bertz CT molecular complexity index is 790. The fourth-order valence-corrected chi connectivity index (χ4v) is 4.66. The first-order valence-corrected chi connectivity index (χ1v) is 8.61. The zero-order chi connectivity index (χ0) is 17.4. The minimum Gasteiger partial charge on any atom is -0.411 e. The van der Waals surface area contributed by atoms with Gasteiger partial charge in [0, 0.05) is 17.0 Å². The summed E-state index contributed by atoms with van der Waals surface area (Å²) >= 11 is 0. The van der Waals surface area contributed by atoms with Crippen LogP contribution in [0.25, 0.3) is 0 Å². The smallest absolute Gasteiger partial charge is 0.182 e. The Labute approximate surface area is 146 Å². The van der Waals surface area contributed by atoms with Crippen LogP contribution in [-0.4, -0.2) is 22.5 Å². The van der Waals surface area contributed by atoms with E-state index >= 15 is 0 Å². The molecule has 0 unspecified atom stereocenters. The molecule has 0 amide bonds. The highest BCUT2D eigenvalue weighted by Crippen LogP contribution is 2.56. The average molecular weight is 333 g/mol. The Kier molecular flexibility index (Phi) is 3.75. The van der Waals surface area contributed by atoms with Gasteiger partial charge in [-0.3, -0.25) is 9.59 Å². The summed E-state index contributed by atoms with van der Waals surface area (Å²) in [5.74, 6) is -0.594. The fraction of sp³-hybridized carbons (Fsp3) is 0.286. The number of fused-ring (bicyclic) bond motifs is 2. The second kappa shape index (κ2) is 5.96. The van der Waals surface area contributed by atoms with Crippen molar-refractivity contribution in [2.75, 3.05) is 0 Å². The minimum absolute atomic E-state index is 0.00956. The van der Waals surface area contributed by atoms with Crippen molar-refractivity contribution in [2.45, 2.75) is 19.3 Å². The van der Waals surface area contributed by atoms with E-state index < -0.39 is 5.41 Å². The first-order chi connectivity index (χ1) is 12.2. The predicted octanol–water partition coefficient (Wildman–Crippen LogP) is 4.00. The second-order valence-corrected chi connectivity index (χ2v) is 6.89. The van der Waals surface area contributed by atoms with E-state index in [1.54, 1.807) is 48.5 Å². The normalized spacial score (nSPS) is 25.2. The van der Waals surface area contributed by atoms with Crippen molar-refractivity contribution in [3.05, 3.63) is 71.8 Å². The number of carbonyl (C=O) groups excluding carboxylic acids is 2. The number of ketones is 2. The highest BCUT2D eigenvalue weighted by Gasteiger charge is 2.65. The lowest BCUT2D eigenvalue weighted by atomic mass is 9.63. The Morgan fingerprint density at radius 1 is 0.880 bits per heavy atom. The van der Waals surface area contributed by atoms with Crippen molar-refractivity contribution in [3.63, 3.8) is 0 Å². The first kappa shape index (κ1) is 15.8. The number of oxime groups is 1. The average Bonchev–Trinajstić information content (AvgIpc) is 3.28. The molecule has 4 nitrogen and oxygen atoms in total. The maximum Gasteiger partial charge on any atom is 0.182 e. The van der Waals surface area contributed by atoms with Gasteiger partial charge >= 0.3 is 0 Å². The number of rotatable bonds is 4. The molecule has 0 aromatic heterocycles. The number of carbonyl (C=O) groups is 2. The summed E-state index contributed by atoms with van der Waals surface area (Å²) in [6.07, 6.45) is 2.41. The second-order valence-electron chi connectivity index (χ2n) is 6.89. The van der Waals surface area contributed by atoms with E-state index in [1.807, 2.05) is 12.1 Å². The van der Waals surface area contributed by atoms with E-state index in [-0.39, 0.29) is 23.4 Å². The van der Waals surface area contributed by atoms with E-state index in [4.69, 9.17) is 0 Å². The molecule has 2 bridgehead atoms. The van der Waals surface area contributed by atoms with Crippen LogP contribution >= 0.6 is 0 Å². The van der Waals surface area contributed by atoms with Gasteiger partial charge < -0.3 is 5.21 Å². The molecule has 2 aromatic carbocycles. The monoisotopic (exact) mass is 333 g/mol. The SMILES string of the molecule is O=C(c1ccccc1)C1(C(=O)c2ccccc2)/C(=N/O)[C@H]2CC[C@@H]1C2. The molecule has 4 heteroatoms. The molecule has 4 rings (SSSR count). The van der Waals surface area contributed by atoms with Gasteiger partial charge in [0.2, 0.25) is 0 Å². The van der Waals surface area contributed by atoms with E-state index in [0.29, 0.717) is 16.8 Å². The van der Waals surface area contributed by atoms with Gasteiger partial charge in [0.1, 0.15) is 5.41 Å². The molecule has 2 fully saturated rings. The minimum atomic E-state index is -1.37. The number of nitrogens with zero attached hydrogens (tertiary/aromatic N) is 1. The topological polar surface area (TPSA) is 66.7 Å². The van der Waals surface area contributed by atoms with Crippen LogP contribution in [0.4, 0.5) is 0 Å². The van der Waals surface area contributed by atoms with E-state index in [9.17, 15) is 14.8 Å². The van der Waals surface area contributed by atoms with Gasteiger partial charge in [-0.25, -0.2) is 0 Å². The molecule has 25 heavy (non-hydrogen) atoms. The lowest BCUT2D eigenvalue weighted by molar-refractivity contribution is 0.0678. The summed E-state index contributed by atoms with van der Waals surface area (Å²) < 4.78 is 0. The summed E-state index contributed by atoms with van der Waals surface area (Å²) in [5, 5.41) is 13.2. The third-order valence-corrected chi connectivity index (χ3v) is 5.73. The van der Waals surface area contributed by atoms with Crippen LogP contribution in [0.2, 0.25) is 0 Å². The van der Waals surface area contributed by atoms with Crippen LogP contribution < -0.4 is 0 Å². The molecule has 2 aliphatic rings.